The van der Waals surface area contributed by atoms with Crippen molar-refractivity contribution in [2.75, 3.05) is 33.4 Å². The number of ether oxygens (including phenoxy) is 2. The van der Waals surface area contributed by atoms with E-state index in [0.29, 0.717) is 31.7 Å². The van der Waals surface area contributed by atoms with Gasteiger partial charge in [0.05, 0.1) is 25.4 Å². The molecule has 2 fully saturated rings. The number of benzene rings is 3. The minimum Gasteiger partial charge on any atom is -0.493 e. The fourth-order valence-corrected chi connectivity index (χ4v) is 5.61. The molecule has 2 amide bonds. The van der Waals surface area contributed by atoms with Crippen LogP contribution in [0.1, 0.15) is 51.1 Å². The summed E-state index contributed by atoms with van der Waals surface area (Å²) in [4.78, 5) is 27.7. The van der Waals surface area contributed by atoms with E-state index in [0.717, 1.165) is 36.5 Å². The third-order valence-electron chi connectivity index (χ3n) is 7.88. The van der Waals surface area contributed by atoms with Crippen LogP contribution in [0.5, 0.6) is 5.75 Å². The van der Waals surface area contributed by atoms with Gasteiger partial charge in [-0.2, -0.15) is 4.39 Å². The first-order valence-electron chi connectivity index (χ1n) is 13.3. The van der Waals surface area contributed by atoms with Crippen molar-refractivity contribution in [2.24, 2.45) is 5.41 Å². The Kier molecular flexibility index (Phi) is 8.12. The van der Waals surface area contributed by atoms with E-state index in [1.165, 1.54) is 25.3 Å². The lowest BCUT2D eigenvalue weighted by Gasteiger charge is -2.38. The summed E-state index contributed by atoms with van der Waals surface area (Å²) in [5.74, 6) is -3.58. The maximum absolute atomic E-state index is 14.0. The van der Waals surface area contributed by atoms with Gasteiger partial charge in [-0.15, -0.1) is 0 Å². The van der Waals surface area contributed by atoms with Crippen LogP contribution in [0, 0.1) is 22.9 Å². The van der Waals surface area contributed by atoms with Crippen molar-refractivity contribution in [3.8, 4) is 5.75 Å². The van der Waals surface area contributed by atoms with Crippen LogP contribution < -0.4 is 10.1 Å². The zero-order valence-electron chi connectivity index (χ0n) is 22.2. The molecule has 9 heteroatoms. The number of methoxy groups -OCH3 is 1. The molecule has 0 aliphatic carbocycles. The maximum Gasteiger partial charge on any atom is 0.255 e. The van der Waals surface area contributed by atoms with Crippen LogP contribution in [0.25, 0.3) is 0 Å². The predicted molar refractivity (Wildman–Crippen MR) is 143 cm³/mol. The Morgan fingerprint density at radius 3 is 2.50 bits per heavy atom. The minimum atomic E-state index is -1.20. The van der Waals surface area contributed by atoms with Crippen LogP contribution in [-0.4, -0.2) is 56.2 Å². The molecule has 1 N–H and O–H groups in total. The second kappa shape index (κ2) is 11.7. The lowest BCUT2D eigenvalue weighted by atomic mass is 9.76. The number of nitrogens with one attached hydrogen (secondary N) is 1. The molecule has 0 bridgehead atoms. The molecule has 1 unspecified atom stereocenters. The quantitative estimate of drug-likeness (QED) is 0.441. The average molecular weight is 553 g/mol. The number of carbonyl (C=O) groups is 2. The molecule has 0 aromatic heterocycles. The average Bonchev–Trinajstić information content (AvgIpc) is 3.36. The first kappa shape index (κ1) is 27.7. The van der Waals surface area contributed by atoms with Crippen molar-refractivity contribution < 1.29 is 32.2 Å². The molecule has 1 spiro atoms. The van der Waals surface area contributed by atoms with Gasteiger partial charge < -0.3 is 19.7 Å². The predicted octanol–water partition coefficient (Wildman–Crippen LogP) is 5.14. The normalized spacial score (nSPS) is 18.1. The zero-order valence-corrected chi connectivity index (χ0v) is 22.2. The SMILES string of the molecule is COc1c(C(=O)NCC2CC3(CCN(C(=O)c4cccc(Cc5ccc(F)cc5)c4)CC3)CO2)ccc(F)c1F. The third kappa shape index (κ3) is 5.99. The number of carbonyl (C=O) groups excluding carboxylic acids is 2. The van der Waals surface area contributed by atoms with Crippen molar-refractivity contribution in [1.82, 2.24) is 10.2 Å². The molecule has 5 rings (SSSR count). The van der Waals surface area contributed by atoms with Crippen LogP contribution in [0.2, 0.25) is 0 Å². The van der Waals surface area contributed by atoms with Crippen molar-refractivity contribution in [1.29, 1.82) is 0 Å². The minimum absolute atomic E-state index is 0.0148. The zero-order chi connectivity index (χ0) is 28.3. The lowest BCUT2D eigenvalue weighted by Crippen LogP contribution is -2.43. The Balaban J connectivity index is 1.13. The smallest absolute Gasteiger partial charge is 0.255 e. The highest BCUT2D eigenvalue weighted by Gasteiger charge is 2.43. The number of rotatable bonds is 7. The first-order chi connectivity index (χ1) is 19.3. The molecule has 0 radical (unpaired) electrons. The van der Waals surface area contributed by atoms with Gasteiger partial charge >= 0.3 is 0 Å². The maximum atomic E-state index is 14.0. The van der Waals surface area contributed by atoms with Gasteiger partial charge in [0.2, 0.25) is 5.82 Å². The standard InChI is InChI=1S/C31H31F3N2O4/c1-39-28-25(9-10-26(33)27(28)34)29(37)35-18-24-17-31(19-40-24)11-13-36(14-12-31)30(38)22-4-2-3-21(16-22)15-20-5-7-23(32)8-6-20/h2-10,16,24H,11-15,17-19H2,1H3,(H,35,37). The van der Waals surface area contributed by atoms with Gasteiger partial charge in [0.25, 0.3) is 11.8 Å². The Morgan fingerprint density at radius 1 is 1.02 bits per heavy atom. The number of hydrogen-bond donors (Lipinski definition) is 1. The van der Waals surface area contributed by atoms with Crippen molar-refractivity contribution in [3.63, 3.8) is 0 Å². The van der Waals surface area contributed by atoms with Gasteiger partial charge in [-0.05, 0) is 78.6 Å². The van der Waals surface area contributed by atoms with E-state index in [4.69, 9.17) is 9.47 Å². The van der Waals surface area contributed by atoms with Gasteiger partial charge in [0.15, 0.2) is 11.6 Å². The first-order valence-corrected chi connectivity index (χ1v) is 13.3. The molecule has 3 aromatic carbocycles. The molecule has 2 saturated heterocycles. The van der Waals surface area contributed by atoms with Crippen molar-refractivity contribution in [3.05, 3.63) is 100 Å². The Morgan fingerprint density at radius 2 is 1.77 bits per heavy atom. The number of hydrogen-bond acceptors (Lipinski definition) is 4. The largest absolute Gasteiger partial charge is 0.493 e. The van der Waals surface area contributed by atoms with E-state index in [1.54, 1.807) is 12.1 Å². The highest BCUT2D eigenvalue weighted by molar-refractivity contribution is 5.97. The number of amides is 2. The van der Waals surface area contributed by atoms with E-state index in [2.05, 4.69) is 5.32 Å². The summed E-state index contributed by atoms with van der Waals surface area (Å²) in [6.07, 6.45) is 2.70. The van der Waals surface area contributed by atoms with Crippen molar-refractivity contribution >= 4 is 11.8 Å². The highest BCUT2D eigenvalue weighted by atomic mass is 19.2. The van der Waals surface area contributed by atoms with Gasteiger partial charge in [-0.25, -0.2) is 8.78 Å². The van der Waals surface area contributed by atoms with E-state index in [1.807, 2.05) is 29.2 Å². The van der Waals surface area contributed by atoms with Gasteiger partial charge in [0.1, 0.15) is 5.82 Å². The van der Waals surface area contributed by atoms with E-state index in [9.17, 15) is 22.8 Å². The second-order valence-corrected chi connectivity index (χ2v) is 10.6. The van der Waals surface area contributed by atoms with Crippen LogP contribution in [0.3, 0.4) is 0 Å². The van der Waals surface area contributed by atoms with Crippen LogP contribution in [0.15, 0.2) is 60.7 Å². The summed E-state index contributed by atoms with van der Waals surface area (Å²) in [7, 11) is 1.18. The van der Waals surface area contributed by atoms with Gasteiger partial charge in [-0.1, -0.05) is 24.3 Å². The topological polar surface area (TPSA) is 67.9 Å². The molecular weight excluding hydrogens is 521 g/mol. The number of nitrogens with zero attached hydrogens (tertiary/aromatic N) is 1. The second-order valence-electron chi connectivity index (χ2n) is 10.6. The van der Waals surface area contributed by atoms with E-state index >= 15 is 0 Å². The summed E-state index contributed by atoms with van der Waals surface area (Å²) in [6.45, 7) is 1.98. The summed E-state index contributed by atoms with van der Waals surface area (Å²) in [6, 6.07) is 16.0. The molecule has 40 heavy (non-hydrogen) atoms. The molecule has 1 atom stereocenters. The van der Waals surface area contributed by atoms with Gasteiger partial charge in [-0.3, -0.25) is 9.59 Å². The summed E-state index contributed by atoms with van der Waals surface area (Å²) in [5.41, 5.74) is 2.44. The summed E-state index contributed by atoms with van der Waals surface area (Å²) in [5, 5.41) is 2.74. The van der Waals surface area contributed by atoms with Gasteiger partial charge in [0, 0.05) is 25.2 Å². The molecule has 0 saturated carbocycles. The molecule has 2 aliphatic rings. The fourth-order valence-electron chi connectivity index (χ4n) is 5.61. The van der Waals surface area contributed by atoms with Crippen LogP contribution in [0.4, 0.5) is 13.2 Å². The molecule has 6 nitrogen and oxygen atoms in total. The molecule has 210 valence electrons. The van der Waals surface area contributed by atoms with Crippen molar-refractivity contribution in [2.45, 2.75) is 31.8 Å². The molecule has 2 aliphatic heterocycles. The monoisotopic (exact) mass is 552 g/mol. The Bertz CT molecular complexity index is 1390. The molecule has 2 heterocycles. The lowest BCUT2D eigenvalue weighted by molar-refractivity contribution is 0.0495. The number of piperidine rings is 1. The fraction of sp³-hybridized carbons (Fsp3) is 0.355. The van der Waals surface area contributed by atoms with Crippen LogP contribution >= 0.6 is 0 Å². The Labute approximate surface area is 231 Å². The number of halogens is 3. The number of likely N-dealkylation sites (tertiary alicyclic amines) is 1. The molecular formula is C31H31F3N2O4. The third-order valence-corrected chi connectivity index (χ3v) is 7.88. The van der Waals surface area contributed by atoms with E-state index < -0.39 is 23.3 Å². The Hall–Kier alpha value is -3.85. The van der Waals surface area contributed by atoms with E-state index in [-0.39, 0.29) is 35.4 Å². The summed E-state index contributed by atoms with van der Waals surface area (Å²) < 4.78 is 51.5. The highest BCUT2D eigenvalue weighted by Crippen LogP contribution is 2.42. The molecule has 3 aromatic rings. The van der Waals surface area contributed by atoms with Crippen LogP contribution in [-0.2, 0) is 11.2 Å². The summed E-state index contributed by atoms with van der Waals surface area (Å²) >= 11 is 0.